The third-order valence-electron chi connectivity index (χ3n) is 6.15. The first-order valence-electron chi connectivity index (χ1n) is 11.1. The number of hydrogen-bond donors (Lipinski definition) is 3. The van der Waals surface area contributed by atoms with Crippen molar-refractivity contribution in [2.24, 2.45) is 0 Å². The molecule has 1 fully saturated rings. The number of rotatable bonds is 6. The van der Waals surface area contributed by atoms with Gasteiger partial charge in [-0.2, -0.15) is 0 Å². The van der Waals surface area contributed by atoms with Crippen molar-refractivity contribution < 1.29 is 9.18 Å². The second kappa shape index (κ2) is 8.79. The van der Waals surface area contributed by atoms with Gasteiger partial charge in [-0.3, -0.25) is 9.78 Å². The minimum Gasteiger partial charge on any atom is -0.383 e. The number of hydrogen-bond acceptors (Lipinski definition) is 8. The largest absolute Gasteiger partial charge is 0.383 e. The summed E-state index contributed by atoms with van der Waals surface area (Å²) in [6.07, 6.45) is 6.17. The van der Waals surface area contributed by atoms with E-state index in [0.717, 1.165) is 12.1 Å². The molecule has 4 aromatic rings. The lowest BCUT2D eigenvalue weighted by atomic mass is 9.94. The van der Waals surface area contributed by atoms with Crippen LogP contribution >= 0.6 is 0 Å². The molecule has 0 amide bonds. The number of carbonyl (C=O) groups excluding carboxylic acids is 1. The van der Waals surface area contributed by atoms with Crippen molar-refractivity contribution in [1.29, 1.82) is 0 Å². The van der Waals surface area contributed by atoms with Crippen LogP contribution in [0.4, 0.5) is 16.0 Å². The van der Waals surface area contributed by atoms with Gasteiger partial charge in [-0.15, -0.1) is 0 Å². The summed E-state index contributed by atoms with van der Waals surface area (Å²) in [6.45, 7) is 5.47. The fraction of sp³-hybridized carbons (Fsp3) is 0.292. The van der Waals surface area contributed by atoms with Crippen LogP contribution in [0.3, 0.4) is 0 Å². The highest BCUT2D eigenvalue weighted by Crippen LogP contribution is 2.29. The average Bonchev–Trinajstić information content (AvgIpc) is 3.45. The smallest absolute Gasteiger partial charge is 0.215 e. The molecule has 0 bridgehead atoms. The maximum absolute atomic E-state index is 13.5. The summed E-state index contributed by atoms with van der Waals surface area (Å²) in [5.74, 6) is 0.295. The molecule has 5 rings (SSSR count). The third kappa shape index (κ3) is 3.96. The van der Waals surface area contributed by atoms with Crippen LogP contribution < -0.4 is 16.4 Å². The number of nitrogen functional groups attached to an aromatic ring is 1. The van der Waals surface area contributed by atoms with Gasteiger partial charge in [0.15, 0.2) is 0 Å². The van der Waals surface area contributed by atoms with Gasteiger partial charge in [0.1, 0.15) is 35.1 Å². The Balaban J connectivity index is 1.44. The Morgan fingerprint density at radius 1 is 1.21 bits per heavy atom. The quantitative estimate of drug-likeness (QED) is 0.375. The van der Waals surface area contributed by atoms with Crippen LogP contribution in [0.5, 0.6) is 0 Å². The lowest BCUT2D eigenvalue weighted by Crippen LogP contribution is -2.28. The maximum Gasteiger partial charge on any atom is 0.215 e. The van der Waals surface area contributed by atoms with Crippen molar-refractivity contribution in [3.05, 3.63) is 71.8 Å². The Bertz CT molecular complexity index is 1350. The molecule has 4 N–H and O–H groups in total. The van der Waals surface area contributed by atoms with Gasteiger partial charge >= 0.3 is 0 Å². The van der Waals surface area contributed by atoms with Gasteiger partial charge in [-0.1, -0.05) is 12.1 Å². The van der Waals surface area contributed by atoms with E-state index in [9.17, 15) is 9.18 Å². The lowest BCUT2D eigenvalue weighted by Gasteiger charge is -2.21. The second-order valence-corrected chi connectivity index (χ2v) is 8.69. The van der Waals surface area contributed by atoms with Crippen molar-refractivity contribution in [2.45, 2.75) is 31.8 Å². The zero-order valence-corrected chi connectivity index (χ0v) is 18.9. The molecule has 1 aliphatic heterocycles. The highest BCUT2D eigenvalue weighted by atomic mass is 19.1. The summed E-state index contributed by atoms with van der Waals surface area (Å²) in [6, 6.07) is 6.61. The van der Waals surface area contributed by atoms with Crippen molar-refractivity contribution in [3.63, 3.8) is 0 Å². The van der Waals surface area contributed by atoms with E-state index in [-0.39, 0.29) is 41.1 Å². The monoisotopic (exact) mass is 460 g/mol. The van der Waals surface area contributed by atoms with Crippen LogP contribution in [0.1, 0.15) is 47.4 Å². The van der Waals surface area contributed by atoms with Crippen molar-refractivity contribution in [2.75, 3.05) is 24.1 Å². The predicted octanol–water partition coefficient (Wildman–Crippen LogP) is 2.92. The number of aromatic nitrogens is 5. The van der Waals surface area contributed by atoms with Gasteiger partial charge in [0, 0.05) is 37.3 Å². The number of ketones is 1. The van der Waals surface area contributed by atoms with Crippen LogP contribution in [0, 0.1) is 5.82 Å². The van der Waals surface area contributed by atoms with Gasteiger partial charge in [-0.05, 0) is 31.5 Å². The summed E-state index contributed by atoms with van der Waals surface area (Å²) in [4.78, 5) is 30.6. The molecule has 1 aliphatic rings. The highest BCUT2D eigenvalue weighted by Gasteiger charge is 2.29. The first-order valence-corrected chi connectivity index (χ1v) is 11.1. The Hall–Kier alpha value is -3.92. The molecule has 34 heavy (non-hydrogen) atoms. The number of carbonyl (C=O) groups is 1. The second-order valence-electron chi connectivity index (χ2n) is 8.69. The zero-order chi connectivity index (χ0) is 23.8. The highest BCUT2D eigenvalue weighted by molar-refractivity contribution is 6.17. The molecule has 1 saturated heterocycles. The topological polar surface area (TPSA) is 124 Å². The van der Waals surface area contributed by atoms with Gasteiger partial charge in [0.25, 0.3) is 0 Å². The number of anilines is 2. The van der Waals surface area contributed by atoms with Crippen molar-refractivity contribution in [1.82, 2.24) is 29.8 Å². The first kappa shape index (κ1) is 21.9. The first-order chi connectivity index (χ1) is 16.4. The number of fused-ring (bicyclic) bond motifs is 1. The molecule has 9 nitrogen and oxygen atoms in total. The molecule has 10 heteroatoms. The minimum absolute atomic E-state index is 0.0111. The standard InChI is InChI=1S/C24H25FN8O/c1-13(2)33-11-17(21-23(26)29-12-30-24(21)33)22(34)19-9-28-10-20(32-19)31-18-8-27-7-16(18)14-3-5-15(25)6-4-14/h3-6,9-13,16,18,27H,7-8H2,1-2H3,(H,31,32)(H2,26,29,30)/t16-,18-/m1/s1. The summed E-state index contributed by atoms with van der Waals surface area (Å²) in [5.41, 5.74) is 8.33. The SMILES string of the molecule is CC(C)n1cc(C(=O)c2cncc(N[C@@H]3CNC[C@@H]3c3ccc(F)cc3)n2)c2c(N)ncnc21. The van der Waals surface area contributed by atoms with E-state index in [0.29, 0.717) is 29.0 Å². The van der Waals surface area contributed by atoms with Gasteiger partial charge in [-0.25, -0.2) is 19.3 Å². The fourth-order valence-electron chi connectivity index (χ4n) is 4.44. The van der Waals surface area contributed by atoms with Crippen LogP contribution in [0.25, 0.3) is 11.0 Å². The summed E-state index contributed by atoms with van der Waals surface area (Å²) in [7, 11) is 0. The number of nitrogens with one attached hydrogen (secondary N) is 2. The lowest BCUT2D eigenvalue weighted by molar-refractivity contribution is 0.103. The van der Waals surface area contributed by atoms with E-state index < -0.39 is 0 Å². The van der Waals surface area contributed by atoms with Crippen LogP contribution in [-0.2, 0) is 0 Å². The van der Waals surface area contributed by atoms with Crippen LogP contribution in [-0.4, -0.2) is 49.4 Å². The predicted molar refractivity (Wildman–Crippen MR) is 127 cm³/mol. The van der Waals surface area contributed by atoms with E-state index in [4.69, 9.17) is 5.73 Å². The molecule has 0 unspecified atom stereocenters. The van der Waals surface area contributed by atoms with E-state index >= 15 is 0 Å². The fourth-order valence-corrected chi connectivity index (χ4v) is 4.44. The Morgan fingerprint density at radius 2 is 2.00 bits per heavy atom. The Kier molecular flexibility index (Phi) is 5.66. The molecule has 174 valence electrons. The number of halogens is 1. The molecule has 2 atom stereocenters. The van der Waals surface area contributed by atoms with Crippen molar-refractivity contribution in [3.8, 4) is 0 Å². The van der Waals surface area contributed by atoms with E-state index in [2.05, 4.69) is 30.6 Å². The van der Waals surface area contributed by atoms with Crippen molar-refractivity contribution >= 4 is 28.5 Å². The van der Waals surface area contributed by atoms with Gasteiger partial charge < -0.3 is 20.9 Å². The average molecular weight is 461 g/mol. The van der Waals surface area contributed by atoms with E-state index in [1.54, 1.807) is 24.5 Å². The summed E-state index contributed by atoms with van der Waals surface area (Å²) in [5, 5.41) is 7.25. The van der Waals surface area contributed by atoms with E-state index in [1.807, 2.05) is 18.4 Å². The van der Waals surface area contributed by atoms with Crippen LogP contribution in [0.2, 0.25) is 0 Å². The normalized spacial score (nSPS) is 18.0. The Labute approximate surface area is 195 Å². The Morgan fingerprint density at radius 3 is 2.76 bits per heavy atom. The summed E-state index contributed by atoms with van der Waals surface area (Å²) >= 11 is 0. The van der Waals surface area contributed by atoms with E-state index in [1.165, 1.54) is 24.7 Å². The molecule has 0 saturated carbocycles. The zero-order valence-electron chi connectivity index (χ0n) is 18.9. The maximum atomic E-state index is 13.5. The number of nitrogens with two attached hydrogens (primary N) is 1. The molecule has 0 spiro atoms. The molecular weight excluding hydrogens is 435 g/mol. The van der Waals surface area contributed by atoms with Gasteiger partial charge in [0.2, 0.25) is 5.78 Å². The molecule has 3 aromatic heterocycles. The minimum atomic E-state index is -0.304. The van der Waals surface area contributed by atoms with Gasteiger partial charge in [0.05, 0.1) is 23.3 Å². The molecule has 1 aromatic carbocycles. The third-order valence-corrected chi connectivity index (χ3v) is 6.15. The summed E-state index contributed by atoms with van der Waals surface area (Å²) < 4.78 is 15.2. The molecular formula is C24H25FN8O. The number of nitrogens with zero attached hydrogens (tertiary/aromatic N) is 5. The number of benzene rings is 1. The molecule has 4 heterocycles. The molecule has 0 aliphatic carbocycles. The van der Waals surface area contributed by atoms with Crippen LogP contribution in [0.15, 0.2) is 49.2 Å². The molecule has 0 radical (unpaired) electrons.